The van der Waals surface area contributed by atoms with Gasteiger partial charge >= 0.3 is 0 Å². The molecule has 0 aliphatic rings. The number of hydrogen-bond donors (Lipinski definition) is 0. The molecule has 0 saturated carbocycles. The summed E-state index contributed by atoms with van der Waals surface area (Å²) in [5.41, 5.74) is 0.912. The van der Waals surface area contributed by atoms with Gasteiger partial charge in [-0.2, -0.15) is 0 Å². The quantitative estimate of drug-likeness (QED) is 0.704. The van der Waals surface area contributed by atoms with Gasteiger partial charge in [-0.25, -0.2) is 8.42 Å². The molecular formula is C7H8NO3S2-. The van der Waals surface area contributed by atoms with Gasteiger partial charge in [-0.15, -0.1) is 0 Å². The van der Waals surface area contributed by atoms with E-state index in [1.807, 2.05) is 6.92 Å². The average Bonchev–Trinajstić information content (AvgIpc) is 2.04. The highest BCUT2D eigenvalue weighted by molar-refractivity contribution is 8.64. The van der Waals surface area contributed by atoms with Gasteiger partial charge in [0.1, 0.15) is 0 Å². The molecule has 0 saturated heterocycles. The van der Waals surface area contributed by atoms with Crippen LogP contribution >= 0.6 is 0 Å². The van der Waals surface area contributed by atoms with Crippen molar-refractivity contribution in [2.45, 2.75) is 11.8 Å². The maximum absolute atomic E-state index is 11.2. The van der Waals surface area contributed by atoms with Crippen LogP contribution in [0.1, 0.15) is 5.56 Å². The van der Waals surface area contributed by atoms with Gasteiger partial charge in [-0.3, -0.25) is 4.21 Å². The molecule has 1 rings (SSSR count). The number of rotatable bonds is 2. The first kappa shape index (κ1) is 10.4. The van der Waals surface area contributed by atoms with E-state index in [4.69, 9.17) is 5.14 Å². The molecule has 13 heavy (non-hydrogen) atoms. The van der Waals surface area contributed by atoms with Gasteiger partial charge in [0, 0.05) is 10.0 Å². The Hall–Kier alpha value is -0.720. The third-order valence-corrected chi connectivity index (χ3v) is 4.53. The van der Waals surface area contributed by atoms with Crippen molar-refractivity contribution in [2.24, 2.45) is 0 Å². The van der Waals surface area contributed by atoms with Crippen molar-refractivity contribution in [3.63, 3.8) is 0 Å². The Morgan fingerprint density at radius 1 is 1.23 bits per heavy atom. The zero-order valence-corrected chi connectivity index (χ0v) is 8.48. The Labute approximate surface area is 78.7 Å². The van der Waals surface area contributed by atoms with Crippen molar-refractivity contribution in [3.05, 3.63) is 35.0 Å². The topological polar surface area (TPSA) is 75.0 Å². The summed E-state index contributed by atoms with van der Waals surface area (Å²) in [5.74, 6) is 0. The first-order valence-electron chi connectivity index (χ1n) is 3.40. The predicted molar refractivity (Wildman–Crippen MR) is 50.8 cm³/mol. The van der Waals surface area contributed by atoms with Gasteiger partial charge in [0.15, 0.2) is 0 Å². The van der Waals surface area contributed by atoms with Crippen molar-refractivity contribution >= 4 is 18.9 Å². The van der Waals surface area contributed by atoms with Gasteiger partial charge in [0.25, 0.3) is 0 Å². The normalized spacial score (nSPS) is 14.0. The molecule has 0 amide bonds. The van der Waals surface area contributed by atoms with Gasteiger partial charge in [-0.05, 0) is 19.1 Å². The molecule has 0 aromatic heterocycles. The van der Waals surface area contributed by atoms with E-state index < -0.39 is 18.9 Å². The van der Waals surface area contributed by atoms with Crippen LogP contribution in [-0.4, -0.2) is 12.6 Å². The molecule has 0 radical (unpaired) electrons. The summed E-state index contributed by atoms with van der Waals surface area (Å²) < 4.78 is 32.9. The fraction of sp³-hybridized carbons (Fsp3) is 0.143. The molecule has 1 aromatic carbocycles. The number of nitrogens with one attached hydrogen (secondary N) is 1. The molecule has 0 heterocycles. The van der Waals surface area contributed by atoms with Gasteiger partial charge < -0.3 is 5.14 Å². The van der Waals surface area contributed by atoms with E-state index in [2.05, 4.69) is 0 Å². The van der Waals surface area contributed by atoms with E-state index in [0.717, 1.165) is 5.56 Å². The van der Waals surface area contributed by atoms with Gasteiger partial charge in [0.05, 0.1) is 4.90 Å². The Kier molecular flexibility index (Phi) is 2.84. The number of hydrogen-bond acceptors (Lipinski definition) is 3. The highest BCUT2D eigenvalue weighted by Gasteiger charge is 2.13. The zero-order chi connectivity index (χ0) is 10.1. The lowest BCUT2D eigenvalue weighted by atomic mass is 10.2. The molecule has 1 atom stereocenters. The van der Waals surface area contributed by atoms with Gasteiger partial charge in [0.2, 0.25) is 8.87 Å². The number of aryl methyl sites for hydroxylation is 1. The second kappa shape index (κ2) is 3.57. The fourth-order valence-corrected chi connectivity index (χ4v) is 2.29. The smallest absolute Gasteiger partial charge is 0.239 e. The van der Waals surface area contributed by atoms with Crippen LogP contribution in [0.3, 0.4) is 0 Å². The van der Waals surface area contributed by atoms with E-state index >= 15 is 0 Å². The summed E-state index contributed by atoms with van der Waals surface area (Å²) >= 11 is 0. The van der Waals surface area contributed by atoms with E-state index in [1.54, 1.807) is 12.1 Å². The van der Waals surface area contributed by atoms with Gasteiger partial charge in [-0.1, -0.05) is 17.7 Å². The average molecular weight is 218 g/mol. The van der Waals surface area contributed by atoms with Crippen molar-refractivity contribution in [2.75, 3.05) is 0 Å². The molecule has 0 bridgehead atoms. The fourth-order valence-electron chi connectivity index (χ4n) is 0.792. The third-order valence-electron chi connectivity index (χ3n) is 1.51. The van der Waals surface area contributed by atoms with Crippen LogP contribution in [-0.2, 0) is 18.9 Å². The van der Waals surface area contributed by atoms with E-state index in [9.17, 15) is 12.6 Å². The van der Waals surface area contributed by atoms with E-state index in [-0.39, 0.29) is 4.90 Å². The van der Waals surface area contributed by atoms with Crippen LogP contribution in [0.25, 0.3) is 5.14 Å². The molecule has 0 spiro atoms. The van der Waals surface area contributed by atoms with Crippen LogP contribution in [0.5, 0.6) is 0 Å². The number of benzene rings is 1. The molecule has 1 N–H and O–H groups in total. The molecule has 1 unspecified atom stereocenters. The van der Waals surface area contributed by atoms with Crippen LogP contribution in [0, 0.1) is 6.92 Å². The predicted octanol–water partition coefficient (Wildman–Crippen LogP) is 1.40. The molecule has 0 fully saturated rings. The first-order valence-corrected chi connectivity index (χ1v) is 6.55. The summed E-state index contributed by atoms with van der Waals surface area (Å²) in [6, 6.07) is 5.88. The highest BCUT2D eigenvalue weighted by atomic mass is 33.2. The summed E-state index contributed by atoms with van der Waals surface area (Å²) in [6.07, 6.45) is 0. The van der Waals surface area contributed by atoms with Crippen LogP contribution < -0.4 is 0 Å². The lowest BCUT2D eigenvalue weighted by molar-refractivity contribution is 0.606. The van der Waals surface area contributed by atoms with E-state index in [1.165, 1.54) is 12.1 Å². The van der Waals surface area contributed by atoms with Crippen LogP contribution in [0.2, 0.25) is 0 Å². The lowest BCUT2D eigenvalue weighted by Gasteiger charge is -2.05. The lowest BCUT2D eigenvalue weighted by Crippen LogP contribution is -2.04. The molecule has 0 aliphatic carbocycles. The summed E-state index contributed by atoms with van der Waals surface area (Å²) in [6.45, 7) is 1.81. The van der Waals surface area contributed by atoms with E-state index in [0.29, 0.717) is 0 Å². The van der Waals surface area contributed by atoms with Crippen LogP contribution in [0.15, 0.2) is 29.2 Å². The largest absolute Gasteiger partial charge is 0.577 e. The third kappa shape index (κ3) is 2.15. The van der Waals surface area contributed by atoms with Crippen molar-refractivity contribution in [1.82, 2.24) is 0 Å². The van der Waals surface area contributed by atoms with Crippen molar-refractivity contribution < 1.29 is 12.6 Å². The molecule has 0 aliphatic heterocycles. The monoisotopic (exact) mass is 218 g/mol. The highest BCUT2D eigenvalue weighted by Crippen LogP contribution is 2.15. The summed E-state index contributed by atoms with van der Waals surface area (Å²) in [5, 5.41) is 6.66. The second-order valence-corrected chi connectivity index (χ2v) is 6.58. The Bertz CT molecular complexity index is 422. The Balaban J connectivity index is 3.25. The molecule has 72 valence electrons. The zero-order valence-electron chi connectivity index (χ0n) is 6.85. The second-order valence-electron chi connectivity index (χ2n) is 2.50. The molecule has 4 nitrogen and oxygen atoms in total. The SMILES string of the molecule is Cc1ccc(S(=O)(=O)S([NH-])=O)cc1. The van der Waals surface area contributed by atoms with Crippen molar-refractivity contribution in [1.29, 1.82) is 0 Å². The van der Waals surface area contributed by atoms with Crippen LogP contribution in [0.4, 0.5) is 0 Å². The maximum Gasteiger partial charge on any atom is 0.239 e. The molecule has 1 aromatic rings. The van der Waals surface area contributed by atoms with Crippen molar-refractivity contribution in [3.8, 4) is 0 Å². The minimum atomic E-state index is -3.95. The molecule has 6 heteroatoms. The first-order chi connectivity index (χ1) is 5.94. The standard InChI is InChI=1S/C7H8NO3S2/c1-6-2-4-7(5-3-6)13(10,11)12(8)9/h2-5,8H,1H3/q-1. The molecular weight excluding hydrogens is 210 g/mol. The minimum Gasteiger partial charge on any atom is -0.577 e. The Morgan fingerprint density at radius 3 is 2.08 bits per heavy atom. The maximum atomic E-state index is 11.2. The summed E-state index contributed by atoms with van der Waals surface area (Å²) in [4.78, 5) is -0.0774. The minimum absolute atomic E-state index is 0.0774. The Morgan fingerprint density at radius 2 is 1.69 bits per heavy atom. The summed E-state index contributed by atoms with van der Waals surface area (Å²) in [7, 11) is -6.57.